The number of nitrogens with two attached hydrogens (primary N) is 1. The lowest BCUT2D eigenvalue weighted by Crippen LogP contribution is -2.22. The van der Waals surface area contributed by atoms with Crippen molar-refractivity contribution in [3.63, 3.8) is 0 Å². The van der Waals surface area contributed by atoms with Gasteiger partial charge in [-0.05, 0) is 24.1 Å². The van der Waals surface area contributed by atoms with E-state index in [-0.39, 0.29) is 12.1 Å². The average molecular weight is 259 g/mol. The summed E-state index contributed by atoms with van der Waals surface area (Å²) in [6.45, 7) is 1.81. The van der Waals surface area contributed by atoms with Crippen LogP contribution in [0.3, 0.4) is 0 Å². The molecule has 0 saturated heterocycles. The van der Waals surface area contributed by atoms with Crippen molar-refractivity contribution >= 4 is 23.2 Å². The van der Waals surface area contributed by atoms with Gasteiger partial charge in [-0.2, -0.15) is 10.4 Å². The first-order chi connectivity index (χ1) is 8.93. The topological polar surface area (TPSA) is 135 Å². The number of aryl methyl sites for hydroxylation is 1. The minimum absolute atomic E-state index is 0.101. The molecule has 0 atom stereocenters. The summed E-state index contributed by atoms with van der Waals surface area (Å²) in [4.78, 5) is 10.6. The number of amidine groups is 1. The van der Waals surface area contributed by atoms with Gasteiger partial charge in [0, 0.05) is 0 Å². The monoisotopic (exact) mass is 259 g/mol. The Hall–Kier alpha value is -2.88. The molecule has 7 heteroatoms. The van der Waals surface area contributed by atoms with E-state index in [1.807, 2.05) is 6.92 Å². The number of anilines is 1. The van der Waals surface area contributed by atoms with Gasteiger partial charge in [0.25, 0.3) is 0 Å². The number of hydrogen-bond donors (Lipinski definition) is 4. The van der Waals surface area contributed by atoms with Crippen molar-refractivity contribution in [2.45, 2.75) is 13.3 Å². The molecule has 0 radical (unpaired) electrons. The Kier molecular flexibility index (Phi) is 4.60. The minimum atomic E-state index is -0.931. The Bertz CT molecular complexity index is 586. The zero-order chi connectivity index (χ0) is 14.4. The zero-order valence-corrected chi connectivity index (χ0v) is 10.3. The van der Waals surface area contributed by atoms with Gasteiger partial charge < -0.3 is 10.8 Å². The summed E-state index contributed by atoms with van der Waals surface area (Å²) in [7, 11) is 0. The van der Waals surface area contributed by atoms with E-state index in [2.05, 4.69) is 10.5 Å². The molecule has 0 amide bonds. The number of aliphatic carboxylic acids is 1. The summed E-state index contributed by atoms with van der Waals surface area (Å²) < 4.78 is 0. The van der Waals surface area contributed by atoms with Crippen LogP contribution in [0.4, 0.5) is 5.69 Å². The lowest BCUT2D eigenvalue weighted by molar-refractivity contribution is -0.136. The molecule has 19 heavy (non-hydrogen) atoms. The molecule has 0 aliphatic carbocycles. The van der Waals surface area contributed by atoms with Crippen molar-refractivity contribution in [3.05, 3.63) is 29.3 Å². The lowest BCUT2D eigenvalue weighted by Gasteiger charge is -2.07. The average Bonchev–Trinajstić information content (AvgIpc) is 2.32. The summed E-state index contributed by atoms with van der Waals surface area (Å²) in [5, 5.41) is 28.2. The second kappa shape index (κ2) is 6.16. The molecule has 0 aromatic heterocycles. The highest BCUT2D eigenvalue weighted by Gasteiger charge is 2.05. The van der Waals surface area contributed by atoms with Crippen LogP contribution >= 0.6 is 0 Å². The van der Waals surface area contributed by atoms with E-state index in [9.17, 15) is 4.79 Å². The number of nitriles is 1. The van der Waals surface area contributed by atoms with E-state index >= 15 is 0 Å². The molecular formula is C12H13N5O2. The Morgan fingerprint density at radius 3 is 2.84 bits per heavy atom. The predicted molar refractivity (Wildman–Crippen MR) is 71.1 cm³/mol. The first kappa shape index (κ1) is 14.2. The maximum Gasteiger partial charge on any atom is 0.307 e. The minimum Gasteiger partial charge on any atom is -0.481 e. The Labute approximate surface area is 109 Å². The first-order valence-corrected chi connectivity index (χ1v) is 5.33. The Morgan fingerprint density at radius 1 is 1.63 bits per heavy atom. The number of nitrogens with one attached hydrogen (secondary N) is 2. The number of carboxylic acid groups (broad SMARTS) is 1. The van der Waals surface area contributed by atoms with Crippen molar-refractivity contribution in [1.82, 2.24) is 0 Å². The van der Waals surface area contributed by atoms with Gasteiger partial charge in [0.1, 0.15) is 6.07 Å². The number of carboxylic acids is 1. The summed E-state index contributed by atoms with van der Waals surface area (Å²) in [6.07, 6.45) is -0.101. The number of nitrogens with zero attached hydrogens (tertiary/aromatic N) is 2. The molecule has 1 aromatic rings. The van der Waals surface area contributed by atoms with Crippen LogP contribution in [0.1, 0.15) is 11.1 Å². The van der Waals surface area contributed by atoms with Crippen LogP contribution in [0.25, 0.3) is 0 Å². The summed E-state index contributed by atoms with van der Waals surface area (Å²) in [5.41, 5.74) is 9.54. The first-order valence-electron chi connectivity index (χ1n) is 5.33. The van der Waals surface area contributed by atoms with Gasteiger partial charge in [-0.3, -0.25) is 15.6 Å². The van der Waals surface area contributed by atoms with E-state index in [0.717, 1.165) is 5.56 Å². The van der Waals surface area contributed by atoms with Crippen molar-refractivity contribution in [2.24, 2.45) is 10.8 Å². The van der Waals surface area contributed by atoms with Crippen LogP contribution in [-0.4, -0.2) is 22.6 Å². The van der Waals surface area contributed by atoms with E-state index < -0.39 is 11.8 Å². The molecule has 0 fully saturated rings. The van der Waals surface area contributed by atoms with Gasteiger partial charge in [-0.15, -0.1) is 0 Å². The highest BCUT2D eigenvalue weighted by molar-refractivity contribution is 6.45. The molecule has 0 heterocycles. The molecule has 0 bridgehead atoms. The van der Waals surface area contributed by atoms with Crippen molar-refractivity contribution in [2.75, 3.05) is 5.43 Å². The predicted octanol–water partition coefficient (Wildman–Crippen LogP) is 0.850. The molecular weight excluding hydrogens is 246 g/mol. The van der Waals surface area contributed by atoms with Gasteiger partial charge in [-0.1, -0.05) is 12.1 Å². The number of carbonyl (C=O) groups is 1. The molecule has 0 aliphatic rings. The fourth-order valence-electron chi connectivity index (χ4n) is 1.34. The lowest BCUT2D eigenvalue weighted by atomic mass is 10.1. The summed E-state index contributed by atoms with van der Waals surface area (Å²) >= 11 is 0. The van der Waals surface area contributed by atoms with Crippen molar-refractivity contribution in [1.29, 1.82) is 10.7 Å². The maximum absolute atomic E-state index is 10.6. The van der Waals surface area contributed by atoms with Crippen LogP contribution < -0.4 is 11.2 Å². The third kappa shape index (κ3) is 4.12. The fourth-order valence-corrected chi connectivity index (χ4v) is 1.34. The van der Waals surface area contributed by atoms with E-state index in [1.165, 1.54) is 0 Å². The van der Waals surface area contributed by atoms with Crippen molar-refractivity contribution < 1.29 is 9.90 Å². The van der Waals surface area contributed by atoms with Crippen LogP contribution in [0, 0.1) is 23.7 Å². The number of hydrazone groups is 1. The van der Waals surface area contributed by atoms with Crippen LogP contribution in [0.15, 0.2) is 23.3 Å². The molecule has 0 aliphatic heterocycles. The standard InChI is InChI=1S/C12H13N5O2/c1-7-2-3-8(5-11(18)19)4-9(7)16-17-10(6-13)12(14)15/h2-4,16H,5H2,1H3,(H3,14,15)(H,18,19)/b17-10+. The zero-order valence-electron chi connectivity index (χ0n) is 10.3. The highest BCUT2D eigenvalue weighted by atomic mass is 16.4. The number of benzene rings is 1. The molecule has 1 aromatic carbocycles. The van der Waals surface area contributed by atoms with Crippen LogP contribution in [-0.2, 0) is 11.2 Å². The SMILES string of the molecule is Cc1ccc(CC(=O)O)cc1N/N=C(\C#N)C(=N)N. The quantitative estimate of drug-likeness (QED) is 0.353. The highest BCUT2D eigenvalue weighted by Crippen LogP contribution is 2.17. The van der Waals surface area contributed by atoms with E-state index in [1.54, 1.807) is 24.3 Å². The second-order valence-corrected chi connectivity index (χ2v) is 3.82. The fraction of sp³-hybridized carbons (Fsp3) is 0.167. The van der Waals surface area contributed by atoms with Gasteiger partial charge in [0.05, 0.1) is 12.1 Å². The Morgan fingerprint density at radius 2 is 2.32 bits per heavy atom. The van der Waals surface area contributed by atoms with Crippen LogP contribution in [0.5, 0.6) is 0 Å². The largest absolute Gasteiger partial charge is 0.481 e. The molecule has 1 rings (SSSR count). The second-order valence-electron chi connectivity index (χ2n) is 3.82. The molecule has 7 nitrogen and oxygen atoms in total. The Balaban J connectivity index is 2.98. The van der Waals surface area contributed by atoms with Gasteiger partial charge in [-0.25, -0.2) is 0 Å². The third-order valence-corrected chi connectivity index (χ3v) is 2.31. The molecule has 5 N–H and O–H groups in total. The van der Waals surface area contributed by atoms with Gasteiger partial charge >= 0.3 is 5.97 Å². The van der Waals surface area contributed by atoms with E-state index in [0.29, 0.717) is 11.3 Å². The summed E-state index contributed by atoms with van der Waals surface area (Å²) in [5.74, 6) is -1.37. The molecule has 0 spiro atoms. The normalized spacial score (nSPS) is 10.6. The maximum atomic E-state index is 10.6. The summed E-state index contributed by atoms with van der Waals surface area (Å²) in [6, 6.07) is 6.76. The smallest absolute Gasteiger partial charge is 0.307 e. The van der Waals surface area contributed by atoms with Gasteiger partial charge in [0.2, 0.25) is 5.71 Å². The van der Waals surface area contributed by atoms with Crippen LogP contribution in [0.2, 0.25) is 0 Å². The van der Waals surface area contributed by atoms with E-state index in [4.69, 9.17) is 21.5 Å². The molecule has 0 saturated carbocycles. The van der Waals surface area contributed by atoms with Gasteiger partial charge in [0.15, 0.2) is 5.84 Å². The van der Waals surface area contributed by atoms with Crippen molar-refractivity contribution in [3.8, 4) is 6.07 Å². The third-order valence-electron chi connectivity index (χ3n) is 2.31. The number of rotatable bonds is 5. The number of hydrogen-bond acceptors (Lipinski definition) is 5. The molecule has 98 valence electrons. The molecule has 0 unspecified atom stereocenters.